The van der Waals surface area contributed by atoms with Crippen LogP contribution in [0.5, 0.6) is 0 Å². The average molecular weight is 454 g/mol. The van der Waals surface area contributed by atoms with E-state index >= 15 is 0 Å². The van der Waals surface area contributed by atoms with Gasteiger partial charge in [-0.1, -0.05) is 18.2 Å². The van der Waals surface area contributed by atoms with E-state index in [9.17, 15) is 0 Å². The monoisotopic (exact) mass is 453 g/mol. The third-order valence-corrected chi connectivity index (χ3v) is 6.39. The van der Waals surface area contributed by atoms with E-state index in [2.05, 4.69) is 82.5 Å². The molecule has 2 fully saturated rings. The molecule has 1 atom stereocenters. The van der Waals surface area contributed by atoms with Crippen LogP contribution in [0.4, 0.5) is 23.3 Å². The smallest absolute Gasteiger partial charge is 0.232 e. The molecule has 0 radical (unpaired) electrons. The number of piperazine rings is 1. The van der Waals surface area contributed by atoms with Crippen LogP contribution in [0, 0.1) is 0 Å². The van der Waals surface area contributed by atoms with Gasteiger partial charge in [0.15, 0.2) is 5.11 Å². The summed E-state index contributed by atoms with van der Waals surface area (Å²) in [6.45, 7) is 11.3. The molecule has 2 N–H and O–H groups in total. The fourth-order valence-electron chi connectivity index (χ4n) is 4.46. The zero-order chi connectivity index (χ0) is 22.5. The maximum absolute atomic E-state index is 5.47. The lowest BCUT2D eigenvalue weighted by Gasteiger charge is -2.38. The third kappa shape index (κ3) is 5.59. The molecule has 2 aliphatic rings. The molecule has 8 heteroatoms. The van der Waals surface area contributed by atoms with Crippen LogP contribution in [0.1, 0.15) is 40.0 Å². The van der Waals surface area contributed by atoms with Crippen molar-refractivity contribution >= 4 is 40.6 Å². The van der Waals surface area contributed by atoms with E-state index in [1.54, 1.807) is 0 Å². The van der Waals surface area contributed by atoms with E-state index < -0.39 is 0 Å². The van der Waals surface area contributed by atoms with Crippen LogP contribution in [0.15, 0.2) is 36.4 Å². The minimum Gasteiger partial charge on any atom is -0.368 e. The standard InChI is InChI=1S/C24H35N7S/c1-18(2)25-24(32)28-23-26-21(17-22(27-23)31-12-8-7-9-19(31)3)30-15-13-29(14-16-30)20-10-5-4-6-11-20/h4-6,10-11,17-19H,7-9,12-16H2,1-3H3,(H2,25,26,27,28,32)/t19-/m1/s1. The Kier molecular flexibility index (Phi) is 7.29. The summed E-state index contributed by atoms with van der Waals surface area (Å²) in [6, 6.07) is 13.5. The van der Waals surface area contributed by atoms with Crippen LogP contribution in [-0.4, -0.2) is 59.9 Å². The van der Waals surface area contributed by atoms with E-state index in [1.807, 2.05) is 0 Å². The Balaban J connectivity index is 1.54. The predicted molar refractivity (Wildman–Crippen MR) is 138 cm³/mol. The van der Waals surface area contributed by atoms with Crippen molar-refractivity contribution in [2.75, 3.05) is 52.7 Å². The number of hydrogen-bond donors (Lipinski definition) is 2. The molecule has 0 spiro atoms. The molecule has 1 aromatic heterocycles. The molecule has 172 valence electrons. The first-order chi connectivity index (χ1) is 15.5. The summed E-state index contributed by atoms with van der Waals surface area (Å²) in [5.41, 5.74) is 1.28. The van der Waals surface area contributed by atoms with Crippen LogP contribution >= 0.6 is 12.2 Å². The molecular weight excluding hydrogens is 418 g/mol. The summed E-state index contributed by atoms with van der Waals surface area (Å²) in [7, 11) is 0. The van der Waals surface area contributed by atoms with Gasteiger partial charge >= 0.3 is 0 Å². The Hall–Kier alpha value is -2.61. The number of piperidine rings is 1. The normalized spacial score (nSPS) is 19.2. The highest BCUT2D eigenvalue weighted by molar-refractivity contribution is 7.80. The van der Waals surface area contributed by atoms with Crippen molar-refractivity contribution < 1.29 is 0 Å². The largest absolute Gasteiger partial charge is 0.368 e. The fraction of sp³-hybridized carbons (Fsp3) is 0.542. The van der Waals surface area contributed by atoms with Gasteiger partial charge in [-0.25, -0.2) is 0 Å². The number of nitrogens with zero attached hydrogens (tertiary/aromatic N) is 5. The highest BCUT2D eigenvalue weighted by atomic mass is 32.1. The van der Waals surface area contributed by atoms with Crippen molar-refractivity contribution in [1.29, 1.82) is 0 Å². The van der Waals surface area contributed by atoms with Crippen molar-refractivity contribution in [3.8, 4) is 0 Å². The zero-order valence-corrected chi connectivity index (χ0v) is 20.2. The number of para-hydroxylation sites is 1. The van der Waals surface area contributed by atoms with E-state index in [0.29, 0.717) is 17.1 Å². The van der Waals surface area contributed by atoms with E-state index in [4.69, 9.17) is 22.2 Å². The maximum atomic E-state index is 5.47. The molecule has 2 saturated heterocycles. The van der Waals surface area contributed by atoms with E-state index in [1.165, 1.54) is 24.9 Å². The number of benzene rings is 1. The Labute approximate surface area is 197 Å². The number of anilines is 4. The van der Waals surface area contributed by atoms with Gasteiger partial charge in [0, 0.05) is 56.6 Å². The van der Waals surface area contributed by atoms with Crippen molar-refractivity contribution in [1.82, 2.24) is 15.3 Å². The van der Waals surface area contributed by atoms with Gasteiger partial charge in [-0.05, 0) is 64.4 Å². The summed E-state index contributed by atoms with van der Waals surface area (Å²) in [6.07, 6.45) is 3.69. The molecule has 7 nitrogen and oxygen atoms in total. The highest BCUT2D eigenvalue weighted by Crippen LogP contribution is 2.28. The van der Waals surface area contributed by atoms with Crippen LogP contribution in [0.25, 0.3) is 0 Å². The number of rotatable bonds is 5. The molecule has 2 aromatic rings. The molecule has 0 aliphatic carbocycles. The SMILES string of the molecule is CC(C)NC(=S)Nc1nc(N2CCN(c3ccccc3)CC2)cc(N2CCCC[C@H]2C)n1. The third-order valence-electron chi connectivity index (χ3n) is 6.17. The van der Waals surface area contributed by atoms with Gasteiger partial charge in [0.25, 0.3) is 0 Å². The van der Waals surface area contributed by atoms with Crippen molar-refractivity contribution in [3.05, 3.63) is 36.4 Å². The molecule has 3 heterocycles. The Morgan fingerprint density at radius 2 is 1.66 bits per heavy atom. The average Bonchev–Trinajstić information content (AvgIpc) is 2.79. The lowest BCUT2D eigenvalue weighted by molar-refractivity contribution is 0.481. The first-order valence-corrected chi connectivity index (χ1v) is 12.2. The second kappa shape index (κ2) is 10.3. The quantitative estimate of drug-likeness (QED) is 0.662. The van der Waals surface area contributed by atoms with Crippen LogP contribution < -0.4 is 25.3 Å². The van der Waals surface area contributed by atoms with Crippen molar-refractivity contribution in [3.63, 3.8) is 0 Å². The lowest BCUT2D eigenvalue weighted by atomic mass is 10.0. The molecular formula is C24H35N7S. The molecule has 0 saturated carbocycles. The van der Waals surface area contributed by atoms with Crippen LogP contribution in [0.3, 0.4) is 0 Å². The maximum Gasteiger partial charge on any atom is 0.232 e. The van der Waals surface area contributed by atoms with Gasteiger partial charge < -0.3 is 25.3 Å². The second-order valence-corrected chi connectivity index (χ2v) is 9.42. The highest BCUT2D eigenvalue weighted by Gasteiger charge is 2.24. The van der Waals surface area contributed by atoms with Crippen molar-refractivity contribution in [2.45, 2.75) is 52.1 Å². The lowest BCUT2D eigenvalue weighted by Crippen LogP contribution is -2.47. The topological polar surface area (TPSA) is 59.6 Å². The predicted octanol–water partition coefficient (Wildman–Crippen LogP) is 3.88. The number of nitrogens with one attached hydrogen (secondary N) is 2. The number of aromatic nitrogens is 2. The Bertz CT molecular complexity index is 896. The summed E-state index contributed by atoms with van der Waals surface area (Å²) >= 11 is 5.47. The fourth-order valence-corrected chi connectivity index (χ4v) is 4.78. The molecule has 4 rings (SSSR count). The molecule has 0 bridgehead atoms. The van der Waals surface area contributed by atoms with Gasteiger partial charge in [0.2, 0.25) is 5.95 Å². The van der Waals surface area contributed by atoms with Gasteiger partial charge in [-0.3, -0.25) is 0 Å². The van der Waals surface area contributed by atoms with Gasteiger partial charge in [0.05, 0.1) is 0 Å². The zero-order valence-electron chi connectivity index (χ0n) is 19.4. The molecule has 0 unspecified atom stereocenters. The first-order valence-electron chi connectivity index (χ1n) is 11.8. The van der Waals surface area contributed by atoms with Gasteiger partial charge in [-0.2, -0.15) is 9.97 Å². The summed E-state index contributed by atoms with van der Waals surface area (Å²) in [5.74, 6) is 2.52. The minimum absolute atomic E-state index is 0.255. The second-order valence-electron chi connectivity index (χ2n) is 9.01. The van der Waals surface area contributed by atoms with E-state index in [-0.39, 0.29) is 6.04 Å². The van der Waals surface area contributed by atoms with Gasteiger partial charge in [-0.15, -0.1) is 0 Å². The molecule has 2 aliphatic heterocycles. The number of thiocarbonyl (C=S) groups is 1. The molecule has 0 amide bonds. The summed E-state index contributed by atoms with van der Waals surface area (Å²) in [5, 5.41) is 7.00. The van der Waals surface area contributed by atoms with Crippen LogP contribution in [0.2, 0.25) is 0 Å². The van der Waals surface area contributed by atoms with Crippen molar-refractivity contribution in [2.24, 2.45) is 0 Å². The summed E-state index contributed by atoms with van der Waals surface area (Å²) < 4.78 is 0. The van der Waals surface area contributed by atoms with Crippen LogP contribution in [-0.2, 0) is 0 Å². The Morgan fingerprint density at radius 3 is 2.34 bits per heavy atom. The molecule has 32 heavy (non-hydrogen) atoms. The minimum atomic E-state index is 0.255. The van der Waals surface area contributed by atoms with E-state index in [0.717, 1.165) is 44.4 Å². The Morgan fingerprint density at radius 1 is 0.969 bits per heavy atom. The summed E-state index contributed by atoms with van der Waals surface area (Å²) in [4.78, 5) is 16.9. The van der Waals surface area contributed by atoms with Gasteiger partial charge in [0.1, 0.15) is 11.6 Å². The first kappa shape index (κ1) is 22.6. The number of hydrogen-bond acceptors (Lipinski definition) is 6. The molecule has 1 aromatic carbocycles.